The van der Waals surface area contributed by atoms with Gasteiger partial charge in [0.05, 0.1) is 5.56 Å². The quantitative estimate of drug-likeness (QED) is 0.461. The maximum atomic E-state index is 11.8. The molecule has 0 spiro atoms. The normalized spacial score (nSPS) is 12.1. The van der Waals surface area contributed by atoms with Crippen LogP contribution in [0, 0.1) is 0 Å². The van der Waals surface area contributed by atoms with Crippen molar-refractivity contribution in [2.24, 2.45) is 0 Å². The van der Waals surface area contributed by atoms with Crippen molar-refractivity contribution in [2.45, 2.75) is 32.3 Å². The van der Waals surface area contributed by atoms with Gasteiger partial charge in [0.1, 0.15) is 6.10 Å². The molecule has 0 saturated heterocycles. The van der Waals surface area contributed by atoms with Gasteiger partial charge in [-0.3, -0.25) is 0 Å². The van der Waals surface area contributed by atoms with Crippen molar-refractivity contribution in [3.05, 3.63) is 17.7 Å². The van der Waals surface area contributed by atoms with Gasteiger partial charge >= 0.3 is 5.97 Å². The number of aliphatic hydroxyl groups excluding tert-OH is 1. The summed E-state index contributed by atoms with van der Waals surface area (Å²) in [6.45, 7) is 1.83. The standard InChI is InChI=1S/C13H18O6/c1-2-3-9(4-5-14)19-13(18)8-6-10(15)12(17)11(16)7-8/h6-7,9,14-17H,2-5H2,1H3. The first-order valence-electron chi connectivity index (χ1n) is 6.06. The van der Waals surface area contributed by atoms with Crippen molar-refractivity contribution in [3.8, 4) is 17.2 Å². The zero-order valence-corrected chi connectivity index (χ0v) is 10.7. The van der Waals surface area contributed by atoms with Gasteiger partial charge < -0.3 is 25.2 Å². The number of hydrogen-bond donors (Lipinski definition) is 4. The number of phenols is 3. The third-order valence-corrected chi connectivity index (χ3v) is 2.64. The Hall–Kier alpha value is -1.95. The molecule has 0 aromatic heterocycles. The summed E-state index contributed by atoms with van der Waals surface area (Å²) >= 11 is 0. The molecule has 6 heteroatoms. The predicted octanol–water partition coefficient (Wildman–Crippen LogP) is 1.51. The van der Waals surface area contributed by atoms with Gasteiger partial charge in [0.25, 0.3) is 0 Å². The van der Waals surface area contributed by atoms with Crippen LogP contribution in [0.25, 0.3) is 0 Å². The smallest absolute Gasteiger partial charge is 0.338 e. The Morgan fingerprint density at radius 2 is 1.79 bits per heavy atom. The number of carbonyl (C=O) groups excluding carboxylic acids is 1. The molecule has 1 unspecified atom stereocenters. The minimum absolute atomic E-state index is 0.0631. The molecule has 19 heavy (non-hydrogen) atoms. The number of ether oxygens (including phenoxy) is 1. The lowest BCUT2D eigenvalue weighted by Gasteiger charge is -2.16. The molecule has 106 valence electrons. The highest BCUT2D eigenvalue weighted by atomic mass is 16.5. The van der Waals surface area contributed by atoms with E-state index in [2.05, 4.69) is 0 Å². The summed E-state index contributed by atoms with van der Waals surface area (Å²) in [6.07, 6.45) is 1.32. The van der Waals surface area contributed by atoms with Gasteiger partial charge in [-0.2, -0.15) is 0 Å². The van der Waals surface area contributed by atoms with E-state index in [0.29, 0.717) is 12.8 Å². The molecule has 0 saturated carbocycles. The van der Waals surface area contributed by atoms with E-state index in [1.165, 1.54) is 0 Å². The van der Waals surface area contributed by atoms with Crippen LogP contribution in [-0.2, 0) is 4.74 Å². The fourth-order valence-corrected chi connectivity index (χ4v) is 1.67. The molecular formula is C13H18O6. The average Bonchev–Trinajstić information content (AvgIpc) is 2.35. The second kappa shape index (κ2) is 6.84. The minimum atomic E-state index is -0.725. The molecule has 0 fully saturated rings. The van der Waals surface area contributed by atoms with Crippen LogP contribution in [0.2, 0.25) is 0 Å². The molecular weight excluding hydrogens is 252 g/mol. The molecule has 4 N–H and O–H groups in total. The Bertz CT molecular complexity index is 414. The molecule has 1 rings (SSSR count). The molecule has 1 aromatic rings. The van der Waals surface area contributed by atoms with Gasteiger partial charge in [-0.15, -0.1) is 0 Å². The van der Waals surface area contributed by atoms with Crippen molar-refractivity contribution in [2.75, 3.05) is 6.61 Å². The topological polar surface area (TPSA) is 107 Å². The molecule has 0 bridgehead atoms. The highest BCUT2D eigenvalue weighted by molar-refractivity contribution is 5.91. The Morgan fingerprint density at radius 1 is 1.21 bits per heavy atom. The van der Waals surface area contributed by atoms with E-state index in [9.17, 15) is 20.1 Å². The van der Waals surface area contributed by atoms with Crippen molar-refractivity contribution in [1.82, 2.24) is 0 Å². The lowest BCUT2D eigenvalue weighted by Crippen LogP contribution is -2.19. The minimum Gasteiger partial charge on any atom is -0.504 e. The first kappa shape index (κ1) is 15.1. The summed E-state index contributed by atoms with van der Waals surface area (Å²) in [5.41, 5.74) is -0.0631. The van der Waals surface area contributed by atoms with E-state index in [0.717, 1.165) is 18.6 Å². The third-order valence-electron chi connectivity index (χ3n) is 2.64. The summed E-state index contributed by atoms with van der Waals surface area (Å²) in [4.78, 5) is 11.8. The van der Waals surface area contributed by atoms with Crippen LogP contribution in [0.3, 0.4) is 0 Å². The van der Waals surface area contributed by atoms with Gasteiger partial charge in [0.2, 0.25) is 0 Å². The molecule has 6 nitrogen and oxygen atoms in total. The van der Waals surface area contributed by atoms with Crippen LogP contribution in [-0.4, -0.2) is 39.1 Å². The third kappa shape index (κ3) is 4.03. The Morgan fingerprint density at radius 3 is 2.26 bits per heavy atom. The maximum absolute atomic E-state index is 11.8. The van der Waals surface area contributed by atoms with Crippen molar-refractivity contribution >= 4 is 5.97 Å². The first-order valence-corrected chi connectivity index (χ1v) is 6.06. The van der Waals surface area contributed by atoms with E-state index in [-0.39, 0.29) is 12.2 Å². The number of aromatic hydroxyl groups is 3. The number of phenolic OH excluding ortho intramolecular Hbond substituents is 3. The number of rotatable bonds is 6. The molecule has 0 amide bonds. The van der Waals surface area contributed by atoms with Gasteiger partial charge in [0.15, 0.2) is 17.2 Å². The molecule has 0 heterocycles. The zero-order valence-electron chi connectivity index (χ0n) is 10.7. The monoisotopic (exact) mass is 270 g/mol. The SMILES string of the molecule is CCCC(CCO)OC(=O)c1cc(O)c(O)c(O)c1. The number of aliphatic hydroxyl groups is 1. The number of hydrogen-bond acceptors (Lipinski definition) is 6. The summed E-state index contributed by atoms with van der Waals surface area (Å²) < 4.78 is 5.16. The van der Waals surface area contributed by atoms with E-state index < -0.39 is 29.3 Å². The maximum Gasteiger partial charge on any atom is 0.338 e. The second-order valence-corrected chi connectivity index (χ2v) is 4.19. The largest absolute Gasteiger partial charge is 0.504 e. The Labute approximate surface area is 110 Å². The second-order valence-electron chi connectivity index (χ2n) is 4.19. The summed E-state index contributed by atoms with van der Waals surface area (Å²) in [5.74, 6) is -2.60. The van der Waals surface area contributed by atoms with E-state index in [1.807, 2.05) is 6.92 Å². The zero-order chi connectivity index (χ0) is 14.4. The molecule has 0 aliphatic heterocycles. The van der Waals surface area contributed by atoms with Crippen molar-refractivity contribution < 1.29 is 30.0 Å². The molecule has 0 radical (unpaired) electrons. The molecule has 0 aliphatic rings. The lowest BCUT2D eigenvalue weighted by atomic mass is 10.1. The number of carbonyl (C=O) groups is 1. The van der Waals surface area contributed by atoms with Crippen molar-refractivity contribution in [1.29, 1.82) is 0 Å². The fourth-order valence-electron chi connectivity index (χ4n) is 1.67. The Balaban J connectivity index is 2.82. The highest BCUT2D eigenvalue weighted by Gasteiger charge is 2.18. The van der Waals surface area contributed by atoms with E-state index in [4.69, 9.17) is 9.84 Å². The molecule has 1 aromatic carbocycles. The predicted molar refractivity (Wildman–Crippen MR) is 67.3 cm³/mol. The van der Waals surface area contributed by atoms with Gasteiger partial charge in [-0.1, -0.05) is 13.3 Å². The van der Waals surface area contributed by atoms with E-state index >= 15 is 0 Å². The van der Waals surface area contributed by atoms with Gasteiger partial charge in [0, 0.05) is 13.0 Å². The summed E-state index contributed by atoms with van der Waals surface area (Å²) in [7, 11) is 0. The van der Waals surface area contributed by atoms with Crippen LogP contribution < -0.4 is 0 Å². The highest BCUT2D eigenvalue weighted by Crippen LogP contribution is 2.35. The molecule has 1 atom stereocenters. The van der Waals surface area contributed by atoms with Crippen LogP contribution in [0.5, 0.6) is 17.2 Å². The van der Waals surface area contributed by atoms with Gasteiger partial charge in [-0.05, 0) is 18.6 Å². The first-order chi connectivity index (χ1) is 8.99. The summed E-state index contributed by atoms with van der Waals surface area (Å²) in [6, 6.07) is 2.03. The van der Waals surface area contributed by atoms with Crippen LogP contribution in [0.15, 0.2) is 12.1 Å². The van der Waals surface area contributed by atoms with E-state index in [1.54, 1.807) is 0 Å². The lowest BCUT2D eigenvalue weighted by molar-refractivity contribution is 0.0218. The average molecular weight is 270 g/mol. The van der Waals surface area contributed by atoms with Crippen LogP contribution in [0.1, 0.15) is 36.5 Å². The molecule has 0 aliphatic carbocycles. The number of benzene rings is 1. The summed E-state index contributed by atoms with van der Waals surface area (Å²) in [5, 5.41) is 36.7. The van der Waals surface area contributed by atoms with Gasteiger partial charge in [-0.25, -0.2) is 4.79 Å². The van der Waals surface area contributed by atoms with Crippen LogP contribution >= 0.6 is 0 Å². The van der Waals surface area contributed by atoms with Crippen molar-refractivity contribution in [3.63, 3.8) is 0 Å². The Kier molecular flexibility index (Phi) is 5.44. The fraction of sp³-hybridized carbons (Fsp3) is 0.462. The number of esters is 1. The van der Waals surface area contributed by atoms with Crippen LogP contribution in [0.4, 0.5) is 0 Å².